The number of rotatable bonds is 7. The number of anilines is 1. The van der Waals surface area contributed by atoms with Crippen molar-refractivity contribution < 1.29 is 9.59 Å². The summed E-state index contributed by atoms with van der Waals surface area (Å²) in [6.45, 7) is 4.51. The fourth-order valence-electron chi connectivity index (χ4n) is 2.58. The minimum absolute atomic E-state index is 0.221. The molecule has 4 nitrogen and oxygen atoms in total. The number of nitrogens with one attached hydrogen (secondary N) is 2. The smallest absolute Gasteiger partial charge is 0.233 e. The van der Waals surface area contributed by atoms with Gasteiger partial charge in [-0.05, 0) is 41.7 Å². The molecule has 2 rings (SSSR count). The van der Waals surface area contributed by atoms with E-state index >= 15 is 0 Å². The van der Waals surface area contributed by atoms with Crippen molar-refractivity contribution in [3.8, 4) is 0 Å². The van der Waals surface area contributed by atoms with E-state index in [1.165, 1.54) is 0 Å². The zero-order valence-corrected chi connectivity index (χ0v) is 16.3. The van der Waals surface area contributed by atoms with Crippen LogP contribution in [0.25, 0.3) is 0 Å². The molecule has 2 amide bonds. The maximum Gasteiger partial charge on any atom is 0.233 e. The monoisotopic (exact) mass is 392 g/mol. The second-order valence-electron chi connectivity index (χ2n) is 6.30. The summed E-state index contributed by atoms with van der Waals surface area (Å²) in [6.07, 6.45) is 0.348. The van der Waals surface area contributed by atoms with Crippen molar-refractivity contribution >= 4 is 40.7 Å². The summed E-state index contributed by atoms with van der Waals surface area (Å²) >= 11 is 12.0. The molecule has 0 aromatic heterocycles. The third-order valence-electron chi connectivity index (χ3n) is 3.91. The molecule has 2 N–H and O–H groups in total. The first-order chi connectivity index (χ1) is 12.4. The summed E-state index contributed by atoms with van der Waals surface area (Å²) in [6, 6.07) is 12.8. The zero-order chi connectivity index (χ0) is 19.1. The van der Waals surface area contributed by atoms with Gasteiger partial charge in [-0.1, -0.05) is 61.3 Å². The number of hydrogen-bond acceptors (Lipinski definition) is 2. The predicted octanol–water partition coefficient (Wildman–Crippen LogP) is 4.80. The van der Waals surface area contributed by atoms with Crippen molar-refractivity contribution in [1.82, 2.24) is 5.32 Å². The van der Waals surface area contributed by atoms with E-state index in [2.05, 4.69) is 24.5 Å². The van der Waals surface area contributed by atoms with Gasteiger partial charge in [0, 0.05) is 22.3 Å². The van der Waals surface area contributed by atoms with Crippen molar-refractivity contribution in [2.24, 2.45) is 0 Å². The van der Waals surface area contributed by atoms with Crippen LogP contribution >= 0.6 is 23.2 Å². The van der Waals surface area contributed by atoms with E-state index in [0.717, 1.165) is 16.8 Å². The molecule has 0 spiro atoms. The molecule has 0 aliphatic carbocycles. The first-order valence-corrected chi connectivity index (χ1v) is 9.22. The van der Waals surface area contributed by atoms with E-state index in [0.29, 0.717) is 23.0 Å². The lowest BCUT2D eigenvalue weighted by Gasteiger charge is -2.13. The number of halogens is 2. The SMILES string of the molecule is CC(C)c1ccccc1NC(=O)CC(=O)NCCc1ccc(Cl)cc1Cl. The van der Waals surface area contributed by atoms with E-state index in [4.69, 9.17) is 23.2 Å². The van der Waals surface area contributed by atoms with Crippen LogP contribution in [0.15, 0.2) is 42.5 Å². The second-order valence-corrected chi connectivity index (χ2v) is 7.15. The normalized spacial score (nSPS) is 10.7. The minimum atomic E-state index is -0.333. The average molecular weight is 393 g/mol. The Hall–Kier alpha value is -2.04. The predicted molar refractivity (Wildman–Crippen MR) is 107 cm³/mol. The van der Waals surface area contributed by atoms with Gasteiger partial charge in [0.05, 0.1) is 0 Å². The van der Waals surface area contributed by atoms with Crippen LogP contribution in [-0.4, -0.2) is 18.4 Å². The highest BCUT2D eigenvalue weighted by Crippen LogP contribution is 2.24. The van der Waals surface area contributed by atoms with Gasteiger partial charge >= 0.3 is 0 Å². The van der Waals surface area contributed by atoms with E-state index in [1.54, 1.807) is 12.1 Å². The molecule has 0 heterocycles. The van der Waals surface area contributed by atoms with Gasteiger partial charge in [-0.3, -0.25) is 9.59 Å². The molecular weight excluding hydrogens is 371 g/mol. The molecule has 0 aliphatic heterocycles. The van der Waals surface area contributed by atoms with Crippen LogP contribution in [0, 0.1) is 0 Å². The summed E-state index contributed by atoms with van der Waals surface area (Å²) in [4.78, 5) is 24.1. The molecule has 0 saturated carbocycles. The van der Waals surface area contributed by atoms with Gasteiger partial charge < -0.3 is 10.6 Å². The molecule has 26 heavy (non-hydrogen) atoms. The van der Waals surface area contributed by atoms with Crippen molar-refractivity contribution in [3.05, 3.63) is 63.6 Å². The number of carbonyl (C=O) groups excluding carboxylic acids is 2. The first kappa shape index (κ1) is 20.3. The minimum Gasteiger partial charge on any atom is -0.355 e. The average Bonchev–Trinajstić information content (AvgIpc) is 2.57. The number of benzene rings is 2. The molecule has 0 atom stereocenters. The van der Waals surface area contributed by atoms with Gasteiger partial charge in [-0.15, -0.1) is 0 Å². The summed E-state index contributed by atoms with van der Waals surface area (Å²) in [5.74, 6) is -0.376. The Morgan fingerprint density at radius 1 is 1.04 bits per heavy atom. The molecule has 0 bridgehead atoms. The van der Waals surface area contributed by atoms with Gasteiger partial charge in [0.2, 0.25) is 11.8 Å². The Balaban J connectivity index is 1.81. The van der Waals surface area contributed by atoms with E-state index in [1.807, 2.05) is 30.3 Å². The molecule has 6 heteroatoms. The number of carbonyl (C=O) groups is 2. The molecule has 2 aromatic carbocycles. The van der Waals surface area contributed by atoms with Gasteiger partial charge in [-0.2, -0.15) is 0 Å². The van der Waals surface area contributed by atoms with Crippen LogP contribution < -0.4 is 10.6 Å². The molecule has 138 valence electrons. The highest BCUT2D eigenvalue weighted by Gasteiger charge is 2.12. The Kier molecular flexibility index (Phi) is 7.49. The lowest BCUT2D eigenvalue weighted by atomic mass is 10.0. The molecule has 0 aliphatic rings. The summed E-state index contributed by atoms with van der Waals surface area (Å²) in [5.41, 5.74) is 2.68. The number of amides is 2. The highest BCUT2D eigenvalue weighted by molar-refractivity contribution is 6.35. The zero-order valence-electron chi connectivity index (χ0n) is 14.8. The van der Waals surface area contributed by atoms with Crippen LogP contribution in [0.1, 0.15) is 37.3 Å². The molecule has 0 fully saturated rings. The van der Waals surface area contributed by atoms with Gasteiger partial charge in [-0.25, -0.2) is 0 Å². The van der Waals surface area contributed by atoms with Crippen molar-refractivity contribution in [2.75, 3.05) is 11.9 Å². The third-order valence-corrected chi connectivity index (χ3v) is 4.50. The van der Waals surface area contributed by atoms with Crippen molar-refractivity contribution in [2.45, 2.75) is 32.6 Å². The quantitative estimate of drug-likeness (QED) is 0.664. The largest absolute Gasteiger partial charge is 0.355 e. The second kappa shape index (κ2) is 9.60. The van der Waals surface area contributed by atoms with E-state index in [-0.39, 0.29) is 24.2 Å². The number of para-hydroxylation sites is 1. The molecular formula is C20H22Cl2N2O2. The lowest BCUT2D eigenvalue weighted by Crippen LogP contribution is -2.29. The maximum atomic E-state index is 12.1. The highest BCUT2D eigenvalue weighted by atomic mass is 35.5. The fraction of sp³-hybridized carbons (Fsp3) is 0.300. The van der Waals surface area contributed by atoms with Gasteiger partial charge in [0.15, 0.2) is 0 Å². The van der Waals surface area contributed by atoms with Crippen LogP contribution in [-0.2, 0) is 16.0 Å². The van der Waals surface area contributed by atoms with Crippen molar-refractivity contribution in [3.63, 3.8) is 0 Å². The third kappa shape index (κ3) is 6.04. The molecule has 0 radical (unpaired) electrons. The van der Waals surface area contributed by atoms with Crippen LogP contribution in [0.5, 0.6) is 0 Å². The van der Waals surface area contributed by atoms with E-state index in [9.17, 15) is 9.59 Å². The summed E-state index contributed by atoms with van der Waals surface area (Å²) < 4.78 is 0. The fourth-order valence-corrected chi connectivity index (χ4v) is 3.08. The lowest BCUT2D eigenvalue weighted by molar-refractivity contribution is -0.126. The van der Waals surface area contributed by atoms with Crippen LogP contribution in [0.2, 0.25) is 10.0 Å². The van der Waals surface area contributed by atoms with Crippen LogP contribution in [0.3, 0.4) is 0 Å². The van der Waals surface area contributed by atoms with Gasteiger partial charge in [0.25, 0.3) is 0 Å². The Morgan fingerprint density at radius 3 is 2.46 bits per heavy atom. The Morgan fingerprint density at radius 2 is 1.77 bits per heavy atom. The van der Waals surface area contributed by atoms with Gasteiger partial charge in [0.1, 0.15) is 6.42 Å². The summed E-state index contributed by atoms with van der Waals surface area (Å²) in [7, 11) is 0. The number of hydrogen-bond donors (Lipinski definition) is 2. The Labute approximate surface area is 163 Å². The maximum absolute atomic E-state index is 12.1. The molecule has 2 aromatic rings. The van der Waals surface area contributed by atoms with Crippen molar-refractivity contribution in [1.29, 1.82) is 0 Å². The molecule has 0 unspecified atom stereocenters. The first-order valence-electron chi connectivity index (χ1n) is 8.46. The Bertz CT molecular complexity index is 791. The topological polar surface area (TPSA) is 58.2 Å². The summed E-state index contributed by atoms with van der Waals surface area (Å²) in [5, 5.41) is 6.68. The van der Waals surface area contributed by atoms with Crippen LogP contribution in [0.4, 0.5) is 5.69 Å². The molecule has 0 saturated heterocycles. The standard InChI is InChI=1S/C20H22Cl2N2O2/c1-13(2)16-5-3-4-6-18(16)24-20(26)12-19(25)23-10-9-14-7-8-15(21)11-17(14)22/h3-8,11,13H,9-10,12H2,1-2H3,(H,23,25)(H,24,26). The van der Waals surface area contributed by atoms with E-state index < -0.39 is 0 Å².